The van der Waals surface area contributed by atoms with Gasteiger partial charge in [-0.3, -0.25) is 4.98 Å². The van der Waals surface area contributed by atoms with Crippen molar-refractivity contribution in [3.8, 4) is 0 Å². The maximum atomic E-state index is 13.5. The minimum atomic E-state index is -0.349. The molecule has 0 radical (unpaired) electrons. The highest BCUT2D eigenvalue weighted by Gasteiger charge is 2.02. The van der Waals surface area contributed by atoms with Gasteiger partial charge in [-0.2, -0.15) is 0 Å². The molecule has 1 aromatic carbocycles. The predicted octanol–water partition coefficient (Wildman–Crippen LogP) is 3.79. The second-order valence-corrected chi connectivity index (χ2v) is 4.22. The molecule has 0 aliphatic heterocycles. The smallest absolute Gasteiger partial charge is 0.147 e. The molecule has 2 nitrogen and oxygen atoms in total. The van der Waals surface area contributed by atoms with Crippen LogP contribution in [0.15, 0.2) is 36.5 Å². The molecule has 0 aliphatic carbocycles. The van der Waals surface area contributed by atoms with Crippen molar-refractivity contribution in [3.63, 3.8) is 0 Å². The van der Waals surface area contributed by atoms with Crippen molar-refractivity contribution in [2.75, 3.05) is 5.32 Å². The molecule has 1 N–H and O–H groups in total. The monoisotopic (exact) mass is 250 g/mol. The van der Waals surface area contributed by atoms with Gasteiger partial charge in [-0.25, -0.2) is 4.39 Å². The summed E-state index contributed by atoms with van der Waals surface area (Å²) in [6.45, 7) is 2.46. The van der Waals surface area contributed by atoms with Gasteiger partial charge < -0.3 is 5.32 Å². The van der Waals surface area contributed by atoms with Crippen molar-refractivity contribution in [1.82, 2.24) is 4.98 Å². The number of pyridine rings is 1. The normalized spacial score (nSPS) is 10.3. The highest BCUT2D eigenvalue weighted by atomic mass is 35.5. The van der Waals surface area contributed by atoms with Gasteiger partial charge in [0, 0.05) is 23.5 Å². The van der Waals surface area contributed by atoms with Crippen LogP contribution in [0, 0.1) is 12.7 Å². The Morgan fingerprint density at radius 3 is 2.76 bits per heavy atom. The standard InChI is InChI=1S/C13H12ClFN2/c1-9-2-3-10(7-16-9)8-17-13-5-4-11(14)6-12(13)15/h2-7,17H,8H2,1H3. The lowest BCUT2D eigenvalue weighted by atomic mass is 10.2. The van der Waals surface area contributed by atoms with Crippen molar-refractivity contribution in [1.29, 1.82) is 0 Å². The van der Waals surface area contributed by atoms with Crippen molar-refractivity contribution >= 4 is 17.3 Å². The Bertz CT molecular complexity index is 511. The Kier molecular flexibility index (Phi) is 3.59. The zero-order valence-electron chi connectivity index (χ0n) is 9.37. The van der Waals surface area contributed by atoms with Gasteiger partial charge in [0.2, 0.25) is 0 Å². The van der Waals surface area contributed by atoms with Gasteiger partial charge in [0.15, 0.2) is 0 Å². The molecule has 0 saturated carbocycles. The number of hydrogen-bond donors (Lipinski definition) is 1. The SMILES string of the molecule is Cc1ccc(CNc2ccc(Cl)cc2F)cn1. The quantitative estimate of drug-likeness (QED) is 0.896. The molecule has 0 bridgehead atoms. The van der Waals surface area contributed by atoms with E-state index in [2.05, 4.69) is 10.3 Å². The summed E-state index contributed by atoms with van der Waals surface area (Å²) in [6.07, 6.45) is 1.77. The summed E-state index contributed by atoms with van der Waals surface area (Å²) >= 11 is 5.67. The highest BCUT2D eigenvalue weighted by Crippen LogP contribution is 2.19. The van der Waals surface area contributed by atoms with Crippen LogP contribution in [0.1, 0.15) is 11.3 Å². The minimum Gasteiger partial charge on any atom is -0.379 e. The first-order valence-electron chi connectivity index (χ1n) is 5.25. The van der Waals surface area contributed by atoms with E-state index in [-0.39, 0.29) is 5.82 Å². The van der Waals surface area contributed by atoms with E-state index >= 15 is 0 Å². The Balaban J connectivity index is 2.04. The zero-order chi connectivity index (χ0) is 12.3. The van der Waals surface area contributed by atoms with E-state index in [4.69, 9.17) is 11.6 Å². The van der Waals surface area contributed by atoms with Gasteiger partial charge in [0.25, 0.3) is 0 Å². The third kappa shape index (κ3) is 3.17. The van der Waals surface area contributed by atoms with Crippen LogP contribution in [0.5, 0.6) is 0 Å². The number of halogens is 2. The van der Waals surface area contributed by atoms with Gasteiger partial charge in [-0.15, -0.1) is 0 Å². The first kappa shape index (κ1) is 11.9. The predicted molar refractivity (Wildman–Crippen MR) is 67.7 cm³/mol. The molecule has 1 aromatic heterocycles. The Morgan fingerprint density at radius 2 is 2.12 bits per heavy atom. The Labute approximate surface area is 104 Å². The maximum Gasteiger partial charge on any atom is 0.147 e. The van der Waals surface area contributed by atoms with Gasteiger partial charge in [-0.05, 0) is 36.8 Å². The summed E-state index contributed by atoms with van der Waals surface area (Å²) in [7, 11) is 0. The Hall–Kier alpha value is -1.61. The topological polar surface area (TPSA) is 24.9 Å². The van der Waals surface area contributed by atoms with E-state index in [0.717, 1.165) is 11.3 Å². The van der Waals surface area contributed by atoms with Crippen molar-refractivity contribution in [2.45, 2.75) is 13.5 Å². The van der Waals surface area contributed by atoms with Gasteiger partial charge in [0.05, 0.1) is 5.69 Å². The lowest BCUT2D eigenvalue weighted by Crippen LogP contribution is -2.01. The molecule has 0 unspecified atom stereocenters. The Morgan fingerprint density at radius 1 is 1.29 bits per heavy atom. The van der Waals surface area contributed by atoms with Crippen LogP contribution in [-0.2, 0) is 6.54 Å². The zero-order valence-corrected chi connectivity index (χ0v) is 10.1. The van der Waals surface area contributed by atoms with Crippen molar-refractivity contribution in [2.24, 2.45) is 0 Å². The van der Waals surface area contributed by atoms with E-state index < -0.39 is 0 Å². The molecular weight excluding hydrogens is 239 g/mol. The van der Waals surface area contributed by atoms with Gasteiger partial charge in [0.1, 0.15) is 5.82 Å². The number of rotatable bonds is 3. The lowest BCUT2D eigenvalue weighted by Gasteiger charge is -2.07. The summed E-state index contributed by atoms with van der Waals surface area (Å²) in [4.78, 5) is 4.17. The molecule has 88 valence electrons. The van der Waals surface area contributed by atoms with Crippen molar-refractivity contribution < 1.29 is 4.39 Å². The molecular formula is C13H12ClFN2. The average molecular weight is 251 g/mol. The average Bonchev–Trinajstić information content (AvgIpc) is 2.30. The molecule has 0 amide bonds. The number of hydrogen-bond acceptors (Lipinski definition) is 2. The number of anilines is 1. The van der Waals surface area contributed by atoms with Crippen LogP contribution in [0.25, 0.3) is 0 Å². The summed E-state index contributed by atoms with van der Waals surface area (Å²) < 4.78 is 13.5. The van der Waals surface area contributed by atoms with E-state index in [9.17, 15) is 4.39 Å². The minimum absolute atomic E-state index is 0.349. The second kappa shape index (κ2) is 5.15. The largest absolute Gasteiger partial charge is 0.379 e. The van der Waals surface area contributed by atoms with Crippen LogP contribution in [0.3, 0.4) is 0 Å². The summed E-state index contributed by atoms with van der Waals surface area (Å²) in [5.41, 5.74) is 2.41. The number of aromatic nitrogens is 1. The summed E-state index contributed by atoms with van der Waals surface area (Å²) in [6, 6.07) is 8.45. The third-order valence-corrected chi connectivity index (χ3v) is 2.62. The number of nitrogens with one attached hydrogen (secondary N) is 1. The van der Waals surface area contributed by atoms with E-state index in [0.29, 0.717) is 17.3 Å². The third-order valence-electron chi connectivity index (χ3n) is 2.39. The molecule has 2 aromatic rings. The van der Waals surface area contributed by atoms with E-state index in [1.165, 1.54) is 6.07 Å². The number of aryl methyl sites for hydroxylation is 1. The fourth-order valence-electron chi connectivity index (χ4n) is 1.43. The number of benzene rings is 1. The maximum absolute atomic E-state index is 13.5. The first-order chi connectivity index (χ1) is 8.15. The molecule has 0 saturated heterocycles. The van der Waals surface area contributed by atoms with Crippen LogP contribution in [-0.4, -0.2) is 4.98 Å². The molecule has 0 atom stereocenters. The molecule has 2 rings (SSSR count). The summed E-state index contributed by atoms with van der Waals surface area (Å²) in [5.74, 6) is -0.349. The van der Waals surface area contributed by atoms with Gasteiger partial charge in [-0.1, -0.05) is 17.7 Å². The highest BCUT2D eigenvalue weighted by molar-refractivity contribution is 6.30. The lowest BCUT2D eigenvalue weighted by molar-refractivity contribution is 0.630. The van der Waals surface area contributed by atoms with E-state index in [1.54, 1.807) is 18.3 Å². The first-order valence-corrected chi connectivity index (χ1v) is 5.63. The molecule has 0 spiro atoms. The second-order valence-electron chi connectivity index (χ2n) is 3.79. The molecule has 0 aliphatic rings. The summed E-state index contributed by atoms with van der Waals surface area (Å²) in [5, 5.41) is 3.40. The van der Waals surface area contributed by atoms with Crippen LogP contribution in [0.4, 0.5) is 10.1 Å². The van der Waals surface area contributed by atoms with Crippen LogP contribution >= 0.6 is 11.6 Å². The molecule has 1 heterocycles. The fraction of sp³-hybridized carbons (Fsp3) is 0.154. The molecule has 4 heteroatoms. The fourth-order valence-corrected chi connectivity index (χ4v) is 1.59. The van der Waals surface area contributed by atoms with Crippen molar-refractivity contribution in [3.05, 3.63) is 58.6 Å². The van der Waals surface area contributed by atoms with Gasteiger partial charge >= 0.3 is 0 Å². The number of nitrogens with zero attached hydrogens (tertiary/aromatic N) is 1. The van der Waals surface area contributed by atoms with Crippen LogP contribution < -0.4 is 5.32 Å². The molecule has 17 heavy (non-hydrogen) atoms. The molecule has 0 fully saturated rings. The van der Waals surface area contributed by atoms with Crippen LogP contribution in [0.2, 0.25) is 5.02 Å². The van der Waals surface area contributed by atoms with E-state index in [1.807, 2.05) is 19.1 Å².